The average molecular weight is 516 g/mol. The zero-order valence-corrected chi connectivity index (χ0v) is 22.9. The van der Waals surface area contributed by atoms with Gasteiger partial charge in [0.25, 0.3) is 5.91 Å². The highest BCUT2D eigenvalue weighted by molar-refractivity contribution is 6.05. The van der Waals surface area contributed by atoms with E-state index in [0.29, 0.717) is 24.3 Å². The molecule has 1 heterocycles. The Kier molecular flexibility index (Phi) is 6.29. The number of para-hydroxylation sites is 1. The van der Waals surface area contributed by atoms with Crippen LogP contribution < -0.4 is 5.32 Å². The van der Waals surface area contributed by atoms with Crippen LogP contribution in [0.2, 0.25) is 0 Å². The zero-order valence-electron chi connectivity index (χ0n) is 22.9. The molecule has 0 bridgehead atoms. The Bertz CT molecular complexity index is 1320. The van der Waals surface area contributed by atoms with E-state index in [1.165, 1.54) is 22.9 Å². The van der Waals surface area contributed by atoms with Crippen LogP contribution in [0.15, 0.2) is 59.4 Å². The molecule has 6 unspecified atom stereocenters. The number of oxime groups is 1. The summed E-state index contributed by atoms with van der Waals surface area (Å²) in [5, 5.41) is 19.6. The van der Waals surface area contributed by atoms with Crippen LogP contribution in [0.4, 0.5) is 0 Å². The Hall–Kier alpha value is -2.86. The molecule has 3 fully saturated rings. The lowest BCUT2D eigenvalue weighted by atomic mass is 9.47. The Morgan fingerprint density at radius 2 is 1.97 bits per heavy atom. The van der Waals surface area contributed by atoms with E-state index in [2.05, 4.69) is 66.6 Å². The van der Waals surface area contributed by atoms with E-state index in [9.17, 15) is 9.90 Å². The van der Waals surface area contributed by atoms with E-state index in [0.717, 1.165) is 49.8 Å². The molecule has 0 aliphatic heterocycles. The largest absolute Gasteiger partial charge is 0.390 e. The number of benzene rings is 1. The highest BCUT2D eigenvalue weighted by Crippen LogP contribution is 2.66. The molecule has 6 atom stereocenters. The summed E-state index contributed by atoms with van der Waals surface area (Å²) >= 11 is 0. The number of hydrogen-bond acceptors (Lipinski definition) is 4. The molecule has 2 aromatic rings. The van der Waals surface area contributed by atoms with Crippen molar-refractivity contribution < 1.29 is 14.7 Å². The average Bonchev–Trinajstić information content (AvgIpc) is 3.41. The smallest absolute Gasteiger partial charge is 0.260 e. The SMILES string of the molecule is CC12C=CC(=NOCC(=O)NCCc3c[nH]c4ccccc34)C=C1CCC1C2CCC2(C)C1CCC2(C)O. The summed E-state index contributed by atoms with van der Waals surface area (Å²) in [6.45, 7) is 7.26. The number of amides is 1. The molecule has 38 heavy (non-hydrogen) atoms. The second-order valence-electron chi connectivity index (χ2n) is 12.7. The van der Waals surface area contributed by atoms with Gasteiger partial charge in [-0.3, -0.25) is 4.79 Å². The molecule has 3 saturated carbocycles. The van der Waals surface area contributed by atoms with Crippen LogP contribution in [0.1, 0.15) is 64.9 Å². The van der Waals surface area contributed by atoms with Crippen molar-refractivity contribution in [1.29, 1.82) is 0 Å². The molecule has 0 radical (unpaired) electrons. The molecule has 202 valence electrons. The van der Waals surface area contributed by atoms with E-state index in [4.69, 9.17) is 4.84 Å². The van der Waals surface area contributed by atoms with Gasteiger partial charge in [-0.15, -0.1) is 0 Å². The minimum Gasteiger partial charge on any atom is -0.390 e. The second-order valence-corrected chi connectivity index (χ2v) is 12.7. The topological polar surface area (TPSA) is 86.7 Å². The quantitative estimate of drug-likeness (QED) is 0.432. The van der Waals surface area contributed by atoms with Gasteiger partial charge in [-0.05, 0) is 98.8 Å². The van der Waals surface area contributed by atoms with Gasteiger partial charge in [0.1, 0.15) is 5.71 Å². The third kappa shape index (κ3) is 4.12. The number of carbonyl (C=O) groups excluding carboxylic acids is 1. The molecule has 0 spiro atoms. The number of fused-ring (bicyclic) bond motifs is 6. The van der Waals surface area contributed by atoms with E-state index in [1.807, 2.05) is 18.3 Å². The van der Waals surface area contributed by atoms with Crippen molar-refractivity contribution in [3.8, 4) is 0 Å². The molecule has 1 aromatic carbocycles. The Morgan fingerprint density at radius 3 is 2.84 bits per heavy atom. The molecule has 1 aromatic heterocycles. The van der Waals surface area contributed by atoms with Crippen LogP contribution >= 0.6 is 0 Å². The maximum Gasteiger partial charge on any atom is 0.260 e. The zero-order chi connectivity index (χ0) is 26.5. The van der Waals surface area contributed by atoms with E-state index >= 15 is 0 Å². The van der Waals surface area contributed by atoms with Gasteiger partial charge in [-0.1, -0.05) is 48.9 Å². The van der Waals surface area contributed by atoms with Crippen molar-refractivity contribution in [2.45, 2.75) is 71.3 Å². The second kappa shape index (κ2) is 9.41. The molecule has 6 heteroatoms. The van der Waals surface area contributed by atoms with Crippen molar-refractivity contribution in [3.63, 3.8) is 0 Å². The van der Waals surface area contributed by atoms with Gasteiger partial charge >= 0.3 is 0 Å². The van der Waals surface area contributed by atoms with Gasteiger partial charge in [-0.2, -0.15) is 0 Å². The fourth-order valence-corrected chi connectivity index (χ4v) is 8.40. The maximum atomic E-state index is 12.3. The first-order chi connectivity index (χ1) is 18.2. The number of aromatic amines is 1. The summed E-state index contributed by atoms with van der Waals surface area (Å²) in [4.78, 5) is 21.0. The number of rotatable bonds is 6. The fraction of sp³-hybridized carbons (Fsp3) is 0.562. The molecular weight excluding hydrogens is 474 g/mol. The van der Waals surface area contributed by atoms with Crippen LogP contribution in [-0.2, 0) is 16.1 Å². The van der Waals surface area contributed by atoms with Gasteiger partial charge in [0.15, 0.2) is 6.61 Å². The van der Waals surface area contributed by atoms with E-state index in [-0.39, 0.29) is 23.3 Å². The van der Waals surface area contributed by atoms with Crippen molar-refractivity contribution in [2.75, 3.05) is 13.2 Å². The standard InChI is InChI=1S/C32H41N3O3/c1-30-14-10-23(35-38-20-29(36)33-17-13-21-19-34-28-7-5-4-6-24(21)28)18-22(30)8-9-25-26(30)11-15-31(2)27(25)12-16-32(31,3)37/h4-7,10,14,18-19,25-27,34,37H,8-9,11-13,15-17,20H2,1-3H3,(H,33,36). The molecule has 0 saturated heterocycles. The number of nitrogens with zero attached hydrogens (tertiary/aromatic N) is 1. The van der Waals surface area contributed by atoms with Crippen molar-refractivity contribution >= 4 is 22.5 Å². The maximum absolute atomic E-state index is 12.3. The Balaban J connectivity index is 1.03. The number of allylic oxidation sites excluding steroid dienone is 4. The molecule has 3 N–H and O–H groups in total. The predicted octanol–water partition coefficient (Wildman–Crippen LogP) is 5.69. The molecule has 6 rings (SSSR count). The summed E-state index contributed by atoms with van der Waals surface area (Å²) in [5.74, 6) is 1.72. The predicted molar refractivity (Wildman–Crippen MR) is 151 cm³/mol. The lowest BCUT2D eigenvalue weighted by Crippen LogP contribution is -2.53. The summed E-state index contributed by atoms with van der Waals surface area (Å²) in [5.41, 5.74) is 4.06. The first kappa shape index (κ1) is 25.4. The van der Waals surface area contributed by atoms with Crippen molar-refractivity contribution in [1.82, 2.24) is 10.3 Å². The van der Waals surface area contributed by atoms with Crippen LogP contribution in [-0.4, -0.2) is 40.5 Å². The van der Waals surface area contributed by atoms with Crippen LogP contribution in [0.25, 0.3) is 10.9 Å². The Morgan fingerprint density at radius 1 is 1.16 bits per heavy atom. The molecule has 4 aliphatic rings. The summed E-state index contributed by atoms with van der Waals surface area (Å²) in [6, 6.07) is 8.19. The summed E-state index contributed by atoms with van der Waals surface area (Å²) < 4.78 is 0. The highest BCUT2D eigenvalue weighted by atomic mass is 16.6. The normalized spacial score (nSPS) is 36.9. The van der Waals surface area contributed by atoms with E-state index in [1.54, 1.807) is 0 Å². The fourth-order valence-electron chi connectivity index (χ4n) is 8.40. The number of carbonyl (C=O) groups is 1. The van der Waals surface area contributed by atoms with Gasteiger partial charge in [0.2, 0.25) is 0 Å². The molecule has 6 nitrogen and oxygen atoms in total. The number of nitrogens with one attached hydrogen (secondary N) is 2. The van der Waals surface area contributed by atoms with Crippen LogP contribution in [0.5, 0.6) is 0 Å². The summed E-state index contributed by atoms with van der Waals surface area (Å²) in [7, 11) is 0. The Labute approximate surface area is 225 Å². The third-order valence-electron chi connectivity index (χ3n) is 10.9. The first-order valence-electron chi connectivity index (χ1n) is 14.4. The molecule has 1 amide bonds. The lowest BCUT2D eigenvalue weighted by Gasteiger charge is -2.58. The summed E-state index contributed by atoms with van der Waals surface area (Å²) in [6.07, 6.45) is 15.9. The first-order valence-corrected chi connectivity index (χ1v) is 14.4. The minimum absolute atomic E-state index is 0.0392. The minimum atomic E-state index is -0.540. The van der Waals surface area contributed by atoms with Crippen molar-refractivity contribution in [2.24, 2.45) is 33.7 Å². The number of aliphatic hydroxyl groups is 1. The number of H-pyrrole nitrogens is 1. The highest BCUT2D eigenvalue weighted by Gasteiger charge is 2.61. The molecular formula is C32H41N3O3. The lowest BCUT2D eigenvalue weighted by molar-refractivity contribution is -0.125. The molecule has 4 aliphatic carbocycles. The van der Waals surface area contributed by atoms with Crippen molar-refractivity contribution in [3.05, 3.63) is 59.8 Å². The van der Waals surface area contributed by atoms with E-state index < -0.39 is 5.60 Å². The van der Waals surface area contributed by atoms with Gasteiger partial charge in [0.05, 0.1) is 5.60 Å². The monoisotopic (exact) mass is 515 g/mol. The van der Waals surface area contributed by atoms with Gasteiger partial charge < -0.3 is 20.2 Å². The van der Waals surface area contributed by atoms with Crippen LogP contribution in [0.3, 0.4) is 0 Å². The third-order valence-corrected chi connectivity index (χ3v) is 10.9. The van der Waals surface area contributed by atoms with Gasteiger partial charge in [0, 0.05) is 29.1 Å². The number of hydrogen-bond donors (Lipinski definition) is 3. The van der Waals surface area contributed by atoms with Crippen LogP contribution in [0, 0.1) is 28.6 Å². The van der Waals surface area contributed by atoms with Gasteiger partial charge in [-0.25, -0.2) is 0 Å². The number of aromatic nitrogens is 1.